The average Bonchev–Trinajstić information content (AvgIpc) is 2.52. The third-order valence-electron chi connectivity index (χ3n) is 1.97. The summed E-state index contributed by atoms with van der Waals surface area (Å²) in [7, 11) is 4.41. The summed E-state index contributed by atoms with van der Waals surface area (Å²) >= 11 is 0. The van der Waals surface area contributed by atoms with Crippen LogP contribution in [0.5, 0.6) is 0 Å². The molecule has 2 aromatic rings. The molecular formula is C11H15FNP. The van der Waals surface area contributed by atoms with Crippen molar-refractivity contribution in [3.8, 4) is 0 Å². The van der Waals surface area contributed by atoms with Gasteiger partial charge < -0.3 is 4.57 Å². The topological polar surface area (TPSA) is 4.93 Å². The van der Waals surface area contributed by atoms with Gasteiger partial charge in [0.25, 0.3) is 0 Å². The fourth-order valence-electron chi connectivity index (χ4n) is 1.35. The molecule has 0 aliphatic rings. The van der Waals surface area contributed by atoms with Crippen LogP contribution in [-0.2, 0) is 7.05 Å². The zero-order chi connectivity index (χ0) is 10.7. The Morgan fingerprint density at radius 1 is 1.29 bits per heavy atom. The van der Waals surface area contributed by atoms with Gasteiger partial charge in [0.05, 0.1) is 5.52 Å². The molecule has 76 valence electrons. The lowest BCUT2D eigenvalue weighted by Gasteiger charge is -1.98. The van der Waals surface area contributed by atoms with E-state index in [9.17, 15) is 4.39 Å². The number of aromatic nitrogens is 1. The van der Waals surface area contributed by atoms with Gasteiger partial charge in [-0.3, -0.25) is 0 Å². The molecule has 0 aliphatic carbocycles. The first-order valence-corrected chi connectivity index (χ1v) is 5.26. The fraction of sp³-hybridized carbons (Fsp3) is 0.273. The summed E-state index contributed by atoms with van der Waals surface area (Å²) in [6, 6.07) is 5.25. The lowest BCUT2D eigenvalue weighted by atomic mass is 10.2. The van der Waals surface area contributed by atoms with Crippen molar-refractivity contribution in [3.05, 3.63) is 30.2 Å². The molecule has 0 saturated heterocycles. The molecule has 0 spiro atoms. The molecule has 0 radical (unpaired) electrons. The Hall–Kier alpha value is -0.880. The number of aryl methyl sites for hydroxylation is 1. The van der Waals surface area contributed by atoms with E-state index in [1.54, 1.807) is 6.07 Å². The summed E-state index contributed by atoms with van der Waals surface area (Å²) in [5.74, 6) is -0.155. The second-order valence-electron chi connectivity index (χ2n) is 2.86. The van der Waals surface area contributed by atoms with Crippen molar-refractivity contribution in [2.75, 3.05) is 0 Å². The van der Waals surface area contributed by atoms with Gasteiger partial charge in [-0.15, -0.1) is 9.24 Å². The van der Waals surface area contributed by atoms with E-state index >= 15 is 0 Å². The summed E-state index contributed by atoms with van der Waals surface area (Å²) in [4.78, 5) is 0. The Balaban J connectivity index is 0.000000461. The molecule has 1 unspecified atom stereocenters. The molecule has 14 heavy (non-hydrogen) atoms. The van der Waals surface area contributed by atoms with E-state index in [0.29, 0.717) is 5.39 Å². The molecule has 1 nitrogen and oxygen atoms in total. The fourth-order valence-corrected chi connectivity index (χ4v) is 1.65. The van der Waals surface area contributed by atoms with Gasteiger partial charge in [-0.05, 0) is 23.5 Å². The van der Waals surface area contributed by atoms with Gasteiger partial charge in [0.2, 0.25) is 0 Å². The molecule has 0 amide bonds. The third-order valence-corrected chi connectivity index (χ3v) is 2.31. The highest BCUT2D eigenvalue weighted by Gasteiger charge is 2.03. The molecule has 3 heteroatoms. The predicted molar refractivity (Wildman–Crippen MR) is 63.6 cm³/mol. The van der Waals surface area contributed by atoms with Crippen molar-refractivity contribution in [1.82, 2.24) is 4.57 Å². The first-order valence-electron chi connectivity index (χ1n) is 4.68. The standard InChI is InChI=1S/C9H9FNP.C2H6/c1-11-3-2-7-8(10)4-6(12)5-9(7)11;1-2/h2-5H,12H2,1H3;1-2H3. The molecule has 1 heterocycles. The second kappa shape index (κ2) is 4.56. The minimum atomic E-state index is -0.155. The van der Waals surface area contributed by atoms with E-state index < -0.39 is 0 Å². The van der Waals surface area contributed by atoms with Crippen molar-refractivity contribution in [2.24, 2.45) is 7.05 Å². The van der Waals surface area contributed by atoms with Crippen molar-refractivity contribution < 1.29 is 4.39 Å². The van der Waals surface area contributed by atoms with Crippen LogP contribution >= 0.6 is 9.24 Å². The number of fused-ring (bicyclic) bond motifs is 1. The summed E-state index contributed by atoms with van der Waals surface area (Å²) < 4.78 is 15.1. The molecule has 0 N–H and O–H groups in total. The molecule has 1 aromatic heterocycles. The van der Waals surface area contributed by atoms with Gasteiger partial charge in [-0.1, -0.05) is 13.8 Å². The molecule has 0 bridgehead atoms. The largest absolute Gasteiger partial charge is 0.350 e. The Morgan fingerprint density at radius 2 is 1.93 bits per heavy atom. The van der Waals surface area contributed by atoms with Crippen LogP contribution in [0.3, 0.4) is 0 Å². The van der Waals surface area contributed by atoms with Crippen LogP contribution in [0, 0.1) is 5.82 Å². The maximum absolute atomic E-state index is 13.2. The summed E-state index contributed by atoms with van der Waals surface area (Å²) in [6.45, 7) is 4.00. The monoisotopic (exact) mass is 211 g/mol. The number of hydrogen-bond donors (Lipinski definition) is 0. The molecule has 0 aliphatic heterocycles. The van der Waals surface area contributed by atoms with Gasteiger partial charge in [0, 0.05) is 18.6 Å². The van der Waals surface area contributed by atoms with Crippen molar-refractivity contribution in [2.45, 2.75) is 13.8 Å². The smallest absolute Gasteiger partial charge is 0.133 e. The first-order chi connectivity index (χ1) is 6.68. The van der Waals surface area contributed by atoms with Crippen LogP contribution < -0.4 is 5.30 Å². The van der Waals surface area contributed by atoms with Crippen LogP contribution in [-0.4, -0.2) is 4.57 Å². The Morgan fingerprint density at radius 3 is 2.57 bits per heavy atom. The number of halogens is 1. The van der Waals surface area contributed by atoms with Crippen LogP contribution in [0.25, 0.3) is 10.9 Å². The summed E-state index contributed by atoms with van der Waals surface area (Å²) in [5, 5.41) is 1.56. The predicted octanol–water partition coefficient (Wildman–Crippen LogP) is 2.84. The zero-order valence-corrected chi connectivity index (χ0v) is 9.87. The van der Waals surface area contributed by atoms with E-state index in [2.05, 4.69) is 9.24 Å². The van der Waals surface area contributed by atoms with E-state index in [1.165, 1.54) is 6.07 Å². The zero-order valence-electron chi connectivity index (χ0n) is 8.71. The number of rotatable bonds is 0. The Kier molecular flexibility index (Phi) is 3.65. The van der Waals surface area contributed by atoms with Crippen LogP contribution in [0.2, 0.25) is 0 Å². The molecule has 2 rings (SSSR count). The molecule has 0 saturated carbocycles. The van der Waals surface area contributed by atoms with Crippen LogP contribution in [0.1, 0.15) is 13.8 Å². The van der Waals surface area contributed by atoms with E-state index in [4.69, 9.17) is 0 Å². The second-order valence-corrected chi connectivity index (χ2v) is 3.53. The SMILES string of the molecule is CC.Cn1ccc2c(F)cc(P)cc21. The van der Waals surface area contributed by atoms with Gasteiger partial charge in [-0.25, -0.2) is 4.39 Å². The molecule has 1 aromatic carbocycles. The van der Waals surface area contributed by atoms with Gasteiger partial charge in [-0.2, -0.15) is 0 Å². The van der Waals surface area contributed by atoms with Gasteiger partial charge in [0.1, 0.15) is 5.82 Å². The lowest BCUT2D eigenvalue weighted by Crippen LogP contribution is -1.94. The average molecular weight is 211 g/mol. The van der Waals surface area contributed by atoms with Crippen LogP contribution in [0.4, 0.5) is 4.39 Å². The maximum atomic E-state index is 13.2. The third kappa shape index (κ3) is 1.96. The van der Waals surface area contributed by atoms with Gasteiger partial charge in [0.15, 0.2) is 0 Å². The highest BCUT2D eigenvalue weighted by atomic mass is 31.0. The summed E-state index contributed by atoms with van der Waals surface area (Å²) in [5.41, 5.74) is 0.931. The first kappa shape index (κ1) is 11.2. The quantitative estimate of drug-likeness (QED) is 0.590. The van der Waals surface area contributed by atoms with Crippen LogP contribution in [0.15, 0.2) is 24.4 Å². The Bertz CT molecular complexity index is 434. The minimum absolute atomic E-state index is 0.155. The highest BCUT2D eigenvalue weighted by molar-refractivity contribution is 7.27. The molecule has 1 atom stereocenters. The van der Waals surface area contributed by atoms with E-state index in [0.717, 1.165) is 10.8 Å². The van der Waals surface area contributed by atoms with Crippen molar-refractivity contribution >= 4 is 25.4 Å². The molecule has 0 fully saturated rings. The maximum Gasteiger partial charge on any atom is 0.133 e. The number of nitrogens with zero attached hydrogens (tertiary/aromatic N) is 1. The van der Waals surface area contributed by atoms with E-state index in [1.807, 2.05) is 37.7 Å². The minimum Gasteiger partial charge on any atom is -0.350 e. The van der Waals surface area contributed by atoms with E-state index in [-0.39, 0.29) is 5.82 Å². The molecular weight excluding hydrogens is 196 g/mol. The van der Waals surface area contributed by atoms with Gasteiger partial charge >= 0.3 is 0 Å². The normalized spacial score (nSPS) is 9.79. The number of benzene rings is 1. The number of hydrogen-bond acceptors (Lipinski definition) is 0. The van der Waals surface area contributed by atoms with Crippen molar-refractivity contribution in [1.29, 1.82) is 0 Å². The lowest BCUT2D eigenvalue weighted by molar-refractivity contribution is 0.641. The highest BCUT2D eigenvalue weighted by Crippen LogP contribution is 2.17. The summed E-state index contributed by atoms with van der Waals surface area (Å²) in [6.07, 6.45) is 1.86. The van der Waals surface area contributed by atoms with Crippen molar-refractivity contribution in [3.63, 3.8) is 0 Å². The Labute approximate surface area is 86.1 Å².